The Morgan fingerprint density at radius 1 is 1.05 bits per heavy atom. The molecule has 0 unspecified atom stereocenters. The zero-order chi connectivity index (χ0) is 14.9. The van der Waals surface area contributed by atoms with E-state index in [0.29, 0.717) is 6.61 Å². The Bertz CT molecular complexity index is 524. The van der Waals surface area contributed by atoms with Crippen LogP contribution in [0.25, 0.3) is 0 Å². The molecule has 21 heavy (non-hydrogen) atoms. The first-order valence-corrected chi connectivity index (χ1v) is 8.63. The molecule has 0 saturated carbocycles. The average Bonchev–Trinajstić information content (AvgIpc) is 2.54. The van der Waals surface area contributed by atoms with Gasteiger partial charge >= 0.3 is 0 Å². The lowest BCUT2D eigenvalue weighted by Crippen LogP contribution is -2.09. The Morgan fingerprint density at radius 2 is 1.76 bits per heavy atom. The Labute approximate surface area is 132 Å². The molecule has 0 aliphatic carbocycles. The van der Waals surface area contributed by atoms with E-state index in [-0.39, 0.29) is 6.10 Å². The average molecular weight is 299 g/mol. The predicted octanol–water partition coefficient (Wildman–Crippen LogP) is 5.15. The second-order valence-electron chi connectivity index (χ2n) is 5.09. The largest absolute Gasteiger partial charge is 0.374 e. The highest BCUT2D eigenvalue weighted by atomic mass is 32.2. The molecule has 0 aliphatic rings. The summed E-state index contributed by atoms with van der Waals surface area (Å²) in [6.07, 6.45) is 6.71. The van der Waals surface area contributed by atoms with Crippen molar-refractivity contribution in [3.63, 3.8) is 0 Å². The Balaban J connectivity index is 1.70. The number of rotatable bonds is 8. The molecule has 1 radical (unpaired) electrons. The van der Waals surface area contributed by atoms with E-state index in [2.05, 4.69) is 56.0 Å². The van der Waals surface area contributed by atoms with Crippen molar-refractivity contribution in [3.8, 4) is 0 Å². The highest BCUT2D eigenvalue weighted by Gasteiger charge is 2.05. The quantitative estimate of drug-likeness (QED) is 0.623. The monoisotopic (exact) mass is 299 g/mol. The lowest BCUT2D eigenvalue weighted by Gasteiger charge is -2.13. The van der Waals surface area contributed by atoms with Crippen molar-refractivity contribution in [3.05, 3.63) is 72.1 Å². The number of aryl methyl sites for hydroxylation is 1. The van der Waals surface area contributed by atoms with Gasteiger partial charge in [0.05, 0.1) is 12.7 Å². The fourth-order valence-electron chi connectivity index (χ4n) is 2.25. The summed E-state index contributed by atoms with van der Waals surface area (Å²) in [5.41, 5.74) is 2.65. The molecule has 0 N–H and O–H groups in total. The van der Waals surface area contributed by atoms with E-state index in [0.717, 1.165) is 12.8 Å². The second-order valence-corrected chi connectivity index (χ2v) is 5.94. The van der Waals surface area contributed by atoms with E-state index in [1.165, 1.54) is 16.0 Å². The van der Waals surface area contributed by atoms with Crippen LogP contribution in [0.4, 0.5) is 0 Å². The molecular formula is C19H23OS. The predicted molar refractivity (Wildman–Crippen MR) is 91.5 cm³/mol. The van der Waals surface area contributed by atoms with Crippen molar-refractivity contribution < 1.29 is 4.74 Å². The van der Waals surface area contributed by atoms with E-state index in [1.54, 1.807) is 0 Å². The summed E-state index contributed by atoms with van der Waals surface area (Å²) in [7, 11) is 0. The smallest absolute Gasteiger partial charge is 0.0720 e. The van der Waals surface area contributed by atoms with Crippen LogP contribution < -0.4 is 0 Å². The van der Waals surface area contributed by atoms with E-state index in [4.69, 9.17) is 4.74 Å². The van der Waals surface area contributed by atoms with E-state index in [1.807, 2.05) is 30.0 Å². The van der Waals surface area contributed by atoms with Crippen molar-refractivity contribution in [1.82, 2.24) is 0 Å². The molecule has 2 aromatic carbocycles. The number of hydrogen-bond donors (Lipinski definition) is 0. The van der Waals surface area contributed by atoms with Crippen LogP contribution in [0.1, 0.15) is 24.5 Å². The second kappa shape index (κ2) is 8.91. The molecule has 2 heteroatoms. The summed E-state index contributed by atoms with van der Waals surface area (Å²) >= 11 is 1.82. The van der Waals surface area contributed by atoms with Crippen LogP contribution in [0.15, 0.2) is 59.5 Å². The van der Waals surface area contributed by atoms with E-state index < -0.39 is 0 Å². The summed E-state index contributed by atoms with van der Waals surface area (Å²) < 4.78 is 5.86. The van der Waals surface area contributed by atoms with Gasteiger partial charge in [0.2, 0.25) is 0 Å². The normalized spacial score (nSPS) is 12.3. The van der Waals surface area contributed by atoms with Gasteiger partial charge in [-0.05, 0) is 49.6 Å². The van der Waals surface area contributed by atoms with Gasteiger partial charge in [0, 0.05) is 4.90 Å². The molecule has 0 aliphatic heterocycles. The minimum atomic E-state index is 0.187. The summed E-state index contributed by atoms with van der Waals surface area (Å²) in [6, 6.07) is 18.9. The molecule has 0 fully saturated rings. The van der Waals surface area contributed by atoms with Gasteiger partial charge in [-0.25, -0.2) is 0 Å². The molecular weight excluding hydrogens is 276 g/mol. The fraction of sp³-hybridized carbons (Fsp3) is 0.316. The number of benzene rings is 2. The van der Waals surface area contributed by atoms with Crippen molar-refractivity contribution in [2.45, 2.75) is 37.4 Å². The summed E-state index contributed by atoms with van der Waals surface area (Å²) in [4.78, 5) is 1.38. The lowest BCUT2D eigenvalue weighted by molar-refractivity contribution is 0.0718. The van der Waals surface area contributed by atoms with Crippen LogP contribution in [-0.2, 0) is 17.8 Å². The van der Waals surface area contributed by atoms with Crippen molar-refractivity contribution in [1.29, 1.82) is 0 Å². The molecule has 2 rings (SSSR count). The summed E-state index contributed by atoms with van der Waals surface area (Å²) in [5.74, 6) is 0. The van der Waals surface area contributed by atoms with E-state index >= 15 is 0 Å². The zero-order valence-electron chi connectivity index (χ0n) is 12.8. The third-order valence-corrected chi connectivity index (χ3v) is 4.30. The summed E-state index contributed by atoms with van der Waals surface area (Å²) in [5, 5.41) is 0. The van der Waals surface area contributed by atoms with Crippen LogP contribution in [0.5, 0.6) is 0 Å². The maximum atomic E-state index is 5.86. The SMILES string of the molecule is CSc1ccccc1CC[CH][C@H](C)OCc1ccccc1. The van der Waals surface area contributed by atoms with Gasteiger partial charge in [0.1, 0.15) is 0 Å². The molecule has 0 bridgehead atoms. The Kier molecular flexibility index (Phi) is 6.84. The van der Waals surface area contributed by atoms with Gasteiger partial charge in [-0.3, -0.25) is 0 Å². The first-order valence-electron chi connectivity index (χ1n) is 7.40. The molecule has 0 aromatic heterocycles. The van der Waals surface area contributed by atoms with Gasteiger partial charge in [-0.1, -0.05) is 48.5 Å². The van der Waals surface area contributed by atoms with Crippen molar-refractivity contribution >= 4 is 11.8 Å². The van der Waals surface area contributed by atoms with Gasteiger partial charge < -0.3 is 4.74 Å². The highest BCUT2D eigenvalue weighted by molar-refractivity contribution is 7.98. The molecule has 111 valence electrons. The van der Waals surface area contributed by atoms with Crippen LogP contribution >= 0.6 is 11.8 Å². The maximum absolute atomic E-state index is 5.86. The fourth-order valence-corrected chi connectivity index (χ4v) is 2.90. The number of thioether (sulfide) groups is 1. The first kappa shape index (κ1) is 16.1. The van der Waals surface area contributed by atoms with Gasteiger partial charge in [-0.2, -0.15) is 0 Å². The zero-order valence-corrected chi connectivity index (χ0v) is 13.6. The van der Waals surface area contributed by atoms with Crippen LogP contribution in [0.2, 0.25) is 0 Å². The lowest BCUT2D eigenvalue weighted by atomic mass is 10.1. The highest BCUT2D eigenvalue weighted by Crippen LogP contribution is 2.21. The van der Waals surface area contributed by atoms with Crippen LogP contribution in [0, 0.1) is 6.42 Å². The minimum Gasteiger partial charge on any atom is -0.374 e. The van der Waals surface area contributed by atoms with Crippen molar-refractivity contribution in [2.75, 3.05) is 6.26 Å². The first-order chi connectivity index (χ1) is 10.3. The topological polar surface area (TPSA) is 9.23 Å². The number of ether oxygens (including phenoxy) is 1. The van der Waals surface area contributed by atoms with Gasteiger partial charge in [0.25, 0.3) is 0 Å². The summed E-state index contributed by atoms with van der Waals surface area (Å²) in [6.45, 7) is 2.79. The third-order valence-electron chi connectivity index (χ3n) is 3.46. The van der Waals surface area contributed by atoms with E-state index in [9.17, 15) is 0 Å². The Hall–Kier alpha value is -1.25. The molecule has 1 atom stereocenters. The standard InChI is InChI=1S/C19H23OS/c1-16(20-15-17-10-4-3-5-11-17)9-8-13-18-12-6-7-14-19(18)21-2/h3-7,9-12,14,16H,8,13,15H2,1-2H3/t16-/m0/s1. The number of hydrogen-bond acceptors (Lipinski definition) is 2. The van der Waals surface area contributed by atoms with Crippen molar-refractivity contribution in [2.24, 2.45) is 0 Å². The van der Waals surface area contributed by atoms with Gasteiger partial charge in [0.15, 0.2) is 0 Å². The molecule has 1 nitrogen and oxygen atoms in total. The third kappa shape index (κ3) is 5.56. The van der Waals surface area contributed by atoms with Gasteiger partial charge in [-0.15, -0.1) is 11.8 Å². The van der Waals surface area contributed by atoms with Crippen LogP contribution in [0.3, 0.4) is 0 Å². The molecule has 0 amide bonds. The molecule has 0 saturated heterocycles. The maximum Gasteiger partial charge on any atom is 0.0720 e. The molecule has 0 heterocycles. The minimum absolute atomic E-state index is 0.187. The molecule has 0 spiro atoms. The Morgan fingerprint density at radius 3 is 2.52 bits per heavy atom. The molecule has 2 aromatic rings. The van der Waals surface area contributed by atoms with Crippen LogP contribution in [-0.4, -0.2) is 12.4 Å².